The maximum atomic E-state index is 2.29. The van der Waals surface area contributed by atoms with E-state index in [1.807, 2.05) is 0 Å². The van der Waals surface area contributed by atoms with E-state index < -0.39 is 0 Å². The van der Waals surface area contributed by atoms with Gasteiger partial charge in [-0.3, -0.25) is 0 Å². The van der Waals surface area contributed by atoms with Crippen molar-refractivity contribution in [3.8, 4) is 0 Å². The molecule has 0 radical (unpaired) electrons. The summed E-state index contributed by atoms with van der Waals surface area (Å²) in [6.45, 7) is 0. The molecular formula is C14H10I2. The Bertz CT molecular complexity index is 626. The molecule has 0 unspecified atom stereocenters. The highest BCUT2D eigenvalue weighted by atomic mass is 127. The van der Waals surface area contributed by atoms with E-state index in [0.29, 0.717) is 0 Å². The van der Waals surface area contributed by atoms with Crippen molar-refractivity contribution in [3.63, 3.8) is 0 Å². The van der Waals surface area contributed by atoms with Gasteiger partial charge in [-0.1, -0.05) is 93.7 Å². The van der Waals surface area contributed by atoms with Crippen LogP contribution in [0.3, 0.4) is 0 Å². The maximum absolute atomic E-state index is 2.29. The van der Waals surface area contributed by atoms with Crippen molar-refractivity contribution in [3.05, 3.63) is 69.4 Å². The molecule has 0 nitrogen and oxygen atoms in total. The third-order valence-corrected chi connectivity index (χ3v) is 3.79. The van der Waals surface area contributed by atoms with Crippen LogP contribution in [-0.2, 0) is 0 Å². The lowest BCUT2D eigenvalue weighted by atomic mass is 10.1. The van der Waals surface area contributed by atoms with Crippen molar-refractivity contribution < 1.29 is 0 Å². The van der Waals surface area contributed by atoms with E-state index in [0.717, 1.165) is 0 Å². The molecule has 0 bridgehead atoms. The highest BCUT2D eigenvalue weighted by Crippen LogP contribution is 1.92. The fourth-order valence-electron chi connectivity index (χ4n) is 1.67. The Labute approximate surface area is 122 Å². The predicted octanol–water partition coefficient (Wildman–Crippen LogP) is 3.32. The highest BCUT2D eigenvalue weighted by molar-refractivity contribution is 14.1. The van der Waals surface area contributed by atoms with Gasteiger partial charge in [0, 0.05) is 0 Å². The lowest BCUT2D eigenvalue weighted by Gasteiger charge is -1.92. The fourth-order valence-corrected chi connectivity index (χ4v) is 2.76. The van der Waals surface area contributed by atoms with Crippen molar-refractivity contribution in [2.75, 3.05) is 0 Å². The van der Waals surface area contributed by atoms with Crippen molar-refractivity contribution in [2.45, 2.75) is 0 Å². The van der Waals surface area contributed by atoms with E-state index in [1.54, 1.807) is 0 Å². The predicted molar refractivity (Wildman–Crippen MR) is 86.8 cm³/mol. The summed E-state index contributed by atoms with van der Waals surface area (Å²) in [7, 11) is 0. The maximum Gasteiger partial charge on any atom is -0.0101 e. The van der Waals surface area contributed by atoms with Gasteiger partial charge in [0.15, 0.2) is 0 Å². The smallest absolute Gasteiger partial charge is 0.0101 e. The van der Waals surface area contributed by atoms with E-state index >= 15 is 0 Å². The molecular weight excluding hydrogens is 422 g/mol. The third-order valence-electron chi connectivity index (χ3n) is 2.45. The Kier molecular flexibility index (Phi) is 4.40. The van der Waals surface area contributed by atoms with E-state index in [1.165, 1.54) is 20.9 Å². The van der Waals surface area contributed by atoms with Gasteiger partial charge < -0.3 is 0 Å². The Morgan fingerprint density at radius 3 is 1.38 bits per heavy atom. The molecule has 0 saturated heterocycles. The first-order valence-corrected chi connectivity index (χ1v) is 7.41. The summed E-state index contributed by atoms with van der Waals surface area (Å²) in [6.07, 6.45) is 0. The highest BCUT2D eigenvalue weighted by Gasteiger charge is 1.88. The van der Waals surface area contributed by atoms with Crippen LogP contribution in [0.2, 0.25) is 0 Å². The summed E-state index contributed by atoms with van der Waals surface area (Å²) >= 11 is 4.58. The van der Waals surface area contributed by atoms with Crippen LogP contribution < -0.4 is 10.4 Å². The Balaban J connectivity index is 3.16. The average molecular weight is 432 g/mol. The number of rotatable bonds is 0. The van der Waals surface area contributed by atoms with Crippen LogP contribution in [0.15, 0.2) is 48.5 Å². The molecule has 0 aliphatic rings. The molecule has 2 aromatic carbocycles. The van der Waals surface area contributed by atoms with Crippen molar-refractivity contribution in [1.82, 2.24) is 0 Å². The molecule has 2 rings (SSSR count). The minimum atomic E-state index is 1.27. The van der Waals surface area contributed by atoms with Crippen LogP contribution in [-0.4, -0.2) is 0 Å². The van der Waals surface area contributed by atoms with Gasteiger partial charge in [0.2, 0.25) is 0 Å². The van der Waals surface area contributed by atoms with E-state index in [-0.39, 0.29) is 0 Å². The van der Waals surface area contributed by atoms with Crippen molar-refractivity contribution in [1.29, 1.82) is 0 Å². The molecule has 0 aromatic heterocycles. The Morgan fingerprint density at radius 1 is 0.625 bits per heavy atom. The fraction of sp³-hybridized carbons (Fsp3) is 0. The normalized spacial score (nSPS) is 15.4. The number of benzene rings is 2. The summed E-state index contributed by atoms with van der Waals surface area (Å²) < 4.78 is 4.24. The molecule has 2 aromatic rings. The second kappa shape index (κ2) is 5.82. The quantitative estimate of drug-likeness (QED) is 0.561. The number of hydrogen-bond acceptors (Lipinski definition) is 0. The molecule has 16 heavy (non-hydrogen) atoms. The average Bonchev–Trinajstić information content (AvgIpc) is 2.38. The molecule has 0 heterocycles. The largest absolute Gasteiger partial charge is 0.0616 e. The number of halogens is 2. The van der Waals surface area contributed by atoms with Gasteiger partial charge >= 0.3 is 0 Å². The monoisotopic (exact) mass is 432 g/mol. The zero-order chi connectivity index (χ0) is 11.4. The van der Waals surface area contributed by atoms with Crippen LogP contribution in [0.5, 0.6) is 0 Å². The molecule has 0 N–H and O–H groups in total. The Morgan fingerprint density at radius 2 is 1.00 bits per heavy atom. The topological polar surface area (TPSA) is 0 Å². The zero-order valence-electron chi connectivity index (χ0n) is 8.53. The molecule has 0 amide bonds. The van der Waals surface area contributed by atoms with E-state index in [4.69, 9.17) is 0 Å². The first kappa shape index (κ1) is 12.1. The standard InChI is InChI=1S/C14H10I2/c15-9-11-5-1-3-7-13(11)14-8-4-2-6-12(14)10-16/h1-10H. The molecule has 80 valence electrons. The molecule has 0 atom stereocenters. The first-order chi connectivity index (χ1) is 7.86. The van der Waals surface area contributed by atoms with E-state index in [2.05, 4.69) is 102 Å². The van der Waals surface area contributed by atoms with Crippen molar-refractivity contribution in [2.24, 2.45) is 0 Å². The molecule has 0 fully saturated rings. The first-order valence-electron chi connectivity index (χ1n) is 4.92. The van der Waals surface area contributed by atoms with E-state index in [9.17, 15) is 0 Å². The molecule has 0 saturated carbocycles. The molecule has 2 heteroatoms. The summed E-state index contributed by atoms with van der Waals surface area (Å²) in [6, 6.07) is 16.9. The Hall–Kier alpha value is -0.360. The van der Waals surface area contributed by atoms with Crippen LogP contribution >= 0.6 is 45.2 Å². The lowest BCUT2D eigenvalue weighted by molar-refractivity contribution is 1.41. The molecule has 0 aliphatic heterocycles. The van der Waals surface area contributed by atoms with Gasteiger partial charge in [-0.15, -0.1) is 0 Å². The van der Waals surface area contributed by atoms with Crippen LogP contribution in [0.1, 0.15) is 0 Å². The number of hydrogen-bond donors (Lipinski definition) is 0. The minimum Gasteiger partial charge on any atom is -0.0616 e. The van der Waals surface area contributed by atoms with Crippen LogP contribution in [0, 0.1) is 10.4 Å². The SMILES string of the molecule is IC=c1ccccc1=c1ccccc1=CI. The van der Waals surface area contributed by atoms with Gasteiger partial charge in [-0.2, -0.15) is 0 Å². The summed E-state index contributed by atoms with van der Waals surface area (Å²) in [5.41, 5.74) is 0. The summed E-state index contributed by atoms with van der Waals surface area (Å²) in [5.74, 6) is 0. The van der Waals surface area contributed by atoms with Gasteiger partial charge in [0.05, 0.1) is 0 Å². The molecule has 0 aliphatic carbocycles. The summed E-state index contributed by atoms with van der Waals surface area (Å²) in [5, 5.41) is 5.13. The minimum absolute atomic E-state index is 1.27. The van der Waals surface area contributed by atoms with Crippen LogP contribution in [0.4, 0.5) is 0 Å². The van der Waals surface area contributed by atoms with Gasteiger partial charge in [-0.25, -0.2) is 0 Å². The lowest BCUT2D eigenvalue weighted by Crippen LogP contribution is -2.07. The zero-order valence-corrected chi connectivity index (χ0v) is 12.8. The van der Waals surface area contributed by atoms with Gasteiger partial charge in [0.1, 0.15) is 0 Å². The summed E-state index contributed by atoms with van der Waals surface area (Å²) in [4.78, 5) is 0. The molecule has 0 spiro atoms. The van der Waals surface area contributed by atoms with Gasteiger partial charge in [-0.05, 0) is 29.0 Å². The van der Waals surface area contributed by atoms with Crippen molar-refractivity contribution >= 4 is 53.3 Å². The van der Waals surface area contributed by atoms with Crippen LogP contribution in [0.25, 0.3) is 8.17 Å². The third kappa shape index (κ3) is 2.48. The second-order valence-electron chi connectivity index (χ2n) is 3.39. The van der Waals surface area contributed by atoms with Gasteiger partial charge in [0.25, 0.3) is 0 Å². The second-order valence-corrected chi connectivity index (χ2v) is 4.64.